The second-order valence-corrected chi connectivity index (χ2v) is 8.34. The largest absolute Gasteiger partial charge is 0.357 e. The van der Waals surface area contributed by atoms with Gasteiger partial charge in [0.05, 0.1) is 16.0 Å². The van der Waals surface area contributed by atoms with Crippen molar-refractivity contribution in [3.63, 3.8) is 0 Å². The van der Waals surface area contributed by atoms with Gasteiger partial charge >= 0.3 is 0 Å². The van der Waals surface area contributed by atoms with Crippen molar-refractivity contribution in [3.8, 4) is 0 Å². The SMILES string of the molecule is C=CCNc1nnc(SCc2nc3sc(C(C)=O)c(C)c3c(=O)[nH]2)s1. The van der Waals surface area contributed by atoms with Crippen LogP contribution in [0.4, 0.5) is 5.13 Å². The average Bonchev–Trinajstić information content (AvgIpc) is 3.15. The number of nitrogens with zero attached hydrogens (tertiary/aromatic N) is 3. The van der Waals surface area contributed by atoms with Gasteiger partial charge in [-0.15, -0.1) is 28.1 Å². The summed E-state index contributed by atoms with van der Waals surface area (Å²) in [6.45, 7) is 7.54. The zero-order chi connectivity index (χ0) is 18.0. The normalized spacial score (nSPS) is 11.0. The Labute approximate surface area is 155 Å². The number of hydrogen-bond acceptors (Lipinski definition) is 9. The predicted molar refractivity (Wildman–Crippen MR) is 103 cm³/mol. The summed E-state index contributed by atoms with van der Waals surface area (Å²) in [5.74, 6) is 0.965. The summed E-state index contributed by atoms with van der Waals surface area (Å²) in [7, 11) is 0. The highest BCUT2D eigenvalue weighted by Gasteiger charge is 2.17. The van der Waals surface area contributed by atoms with Gasteiger partial charge in [0.1, 0.15) is 10.7 Å². The van der Waals surface area contributed by atoms with Crippen LogP contribution in [0.5, 0.6) is 0 Å². The molecule has 0 fully saturated rings. The number of carbonyl (C=O) groups is 1. The van der Waals surface area contributed by atoms with Gasteiger partial charge in [0.25, 0.3) is 5.56 Å². The third kappa shape index (κ3) is 3.80. The number of aromatic amines is 1. The number of anilines is 1. The standard InChI is InChI=1S/C15H15N5O2S3/c1-4-5-16-14-19-20-15(25-14)23-6-9-17-12(22)10-7(2)11(8(3)21)24-13(10)18-9/h4H,1,5-6H2,2-3H3,(H,16,19)(H,17,18,22). The molecule has 0 aromatic carbocycles. The second kappa shape index (κ2) is 7.46. The van der Waals surface area contributed by atoms with E-state index < -0.39 is 0 Å². The number of ketones is 1. The van der Waals surface area contributed by atoms with Gasteiger partial charge in [0.15, 0.2) is 10.1 Å². The summed E-state index contributed by atoms with van der Waals surface area (Å²) < 4.78 is 0.779. The smallest absolute Gasteiger partial charge is 0.259 e. The minimum absolute atomic E-state index is 0.0516. The van der Waals surface area contributed by atoms with Gasteiger partial charge in [0.2, 0.25) is 5.13 Å². The van der Waals surface area contributed by atoms with Crippen molar-refractivity contribution in [3.05, 3.63) is 39.3 Å². The third-order valence-electron chi connectivity index (χ3n) is 3.31. The molecule has 3 aromatic heterocycles. The molecular formula is C15H15N5O2S3. The van der Waals surface area contributed by atoms with Crippen molar-refractivity contribution >= 4 is 55.6 Å². The van der Waals surface area contributed by atoms with Crippen molar-refractivity contribution in [1.82, 2.24) is 20.2 Å². The van der Waals surface area contributed by atoms with Crippen LogP contribution in [-0.2, 0) is 5.75 Å². The first kappa shape index (κ1) is 17.8. The zero-order valence-electron chi connectivity index (χ0n) is 13.6. The van der Waals surface area contributed by atoms with Crippen LogP contribution in [0.3, 0.4) is 0 Å². The predicted octanol–water partition coefficient (Wildman–Crippen LogP) is 3.24. The highest BCUT2D eigenvalue weighted by atomic mass is 32.2. The minimum Gasteiger partial charge on any atom is -0.357 e. The van der Waals surface area contributed by atoms with Crippen LogP contribution in [0.25, 0.3) is 10.2 Å². The number of aryl methyl sites for hydroxylation is 1. The lowest BCUT2D eigenvalue weighted by Crippen LogP contribution is -2.11. The number of aromatic nitrogens is 4. The molecule has 0 unspecified atom stereocenters. The summed E-state index contributed by atoms with van der Waals surface area (Å²) in [6, 6.07) is 0. The van der Waals surface area contributed by atoms with Crippen molar-refractivity contribution in [2.24, 2.45) is 0 Å². The minimum atomic E-state index is -0.215. The Morgan fingerprint density at radius 2 is 2.20 bits per heavy atom. The fourth-order valence-corrected chi connectivity index (χ4v) is 4.95. The van der Waals surface area contributed by atoms with Crippen LogP contribution in [-0.4, -0.2) is 32.5 Å². The molecule has 0 aliphatic heterocycles. The molecule has 3 aromatic rings. The highest BCUT2D eigenvalue weighted by Crippen LogP contribution is 2.30. The quantitative estimate of drug-likeness (QED) is 0.361. The summed E-state index contributed by atoms with van der Waals surface area (Å²) in [5.41, 5.74) is 0.481. The molecule has 10 heteroatoms. The van der Waals surface area contributed by atoms with Crippen molar-refractivity contribution in [2.45, 2.75) is 23.9 Å². The molecule has 0 aliphatic rings. The molecule has 25 heavy (non-hydrogen) atoms. The lowest BCUT2D eigenvalue weighted by Gasteiger charge is -1.99. The van der Waals surface area contributed by atoms with E-state index in [9.17, 15) is 9.59 Å². The first-order valence-electron chi connectivity index (χ1n) is 7.34. The summed E-state index contributed by atoms with van der Waals surface area (Å²) in [6.07, 6.45) is 1.75. The number of Topliss-reactive ketones (excluding diaryl/α,β-unsaturated/α-hetero) is 1. The molecule has 0 bridgehead atoms. The van der Waals surface area contributed by atoms with Crippen molar-refractivity contribution in [1.29, 1.82) is 0 Å². The third-order valence-corrected chi connectivity index (χ3v) is 6.62. The van der Waals surface area contributed by atoms with E-state index in [1.165, 1.54) is 41.4 Å². The second-order valence-electron chi connectivity index (χ2n) is 5.14. The molecule has 7 nitrogen and oxygen atoms in total. The van der Waals surface area contributed by atoms with Crippen LogP contribution in [0.2, 0.25) is 0 Å². The molecule has 0 aliphatic carbocycles. The van der Waals surface area contributed by atoms with Gasteiger partial charge in [-0.05, 0) is 19.4 Å². The number of rotatable bonds is 7. The molecule has 2 N–H and O–H groups in total. The number of carbonyl (C=O) groups excluding carboxylic acids is 1. The monoisotopic (exact) mass is 393 g/mol. The first-order valence-corrected chi connectivity index (χ1v) is 9.95. The van der Waals surface area contributed by atoms with E-state index in [-0.39, 0.29) is 11.3 Å². The average molecular weight is 394 g/mol. The number of thiophene rings is 1. The Hall–Kier alpha value is -2.04. The maximum absolute atomic E-state index is 12.3. The van der Waals surface area contributed by atoms with E-state index in [2.05, 4.69) is 32.1 Å². The first-order chi connectivity index (χ1) is 12.0. The molecule has 0 saturated heterocycles. The van der Waals surface area contributed by atoms with E-state index in [1.807, 2.05) is 0 Å². The summed E-state index contributed by atoms with van der Waals surface area (Å²) >= 11 is 4.14. The molecular weight excluding hydrogens is 378 g/mol. The zero-order valence-corrected chi connectivity index (χ0v) is 16.0. The Morgan fingerprint density at radius 3 is 2.92 bits per heavy atom. The number of nitrogens with one attached hydrogen (secondary N) is 2. The molecule has 0 amide bonds. The van der Waals surface area contributed by atoms with Crippen LogP contribution >= 0.6 is 34.4 Å². The summed E-state index contributed by atoms with van der Waals surface area (Å²) in [4.78, 5) is 32.4. The van der Waals surface area contributed by atoms with E-state index in [0.717, 1.165) is 9.47 Å². The molecule has 0 atom stereocenters. The highest BCUT2D eigenvalue weighted by molar-refractivity contribution is 8.00. The van der Waals surface area contributed by atoms with Crippen LogP contribution < -0.4 is 10.9 Å². The van der Waals surface area contributed by atoms with E-state index in [4.69, 9.17) is 0 Å². The Kier molecular flexibility index (Phi) is 5.30. The van der Waals surface area contributed by atoms with E-state index in [0.29, 0.717) is 38.8 Å². The number of thioether (sulfide) groups is 1. The topological polar surface area (TPSA) is 101 Å². The van der Waals surface area contributed by atoms with Crippen LogP contribution in [0.1, 0.15) is 28.0 Å². The van der Waals surface area contributed by atoms with Gasteiger partial charge in [-0.25, -0.2) is 4.98 Å². The number of hydrogen-bond donors (Lipinski definition) is 2. The molecule has 3 rings (SSSR count). The lowest BCUT2D eigenvalue weighted by molar-refractivity contribution is 0.102. The van der Waals surface area contributed by atoms with Gasteiger partial charge in [-0.1, -0.05) is 29.2 Å². The molecule has 130 valence electrons. The lowest BCUT2D eigenvalue weighted by atomic mass is 10.2. The fraction of sp³-hybridized carbons (Fsp3) is 0.267. The fourth-order valence-electron chi connectivity index (χ4n) is 2.22. The Morgan fingerprint density at radius 1 is 1.40 bits per heavy atom. The van der Waals surface area contributed by atoms with E-state index in [1.54, 1.807) is 13.0 Å². The van der Waals surface area contributed by atoms with Gasteiger partial charge in [-0.3, -0.25) is 9.59 Å². The number of fused-ring (bicyclic) bond motifs is 1. The Balaban J connectivity index is 1.80. The van der Waals surface area contributed by atoms with Crippen LogP contribution in [0, 0.1) is 6.92 Å². The van der Waals surface area contributed by atoms with Gasteiger partial charge in [0, 0.05) is 6.54 Å². The summed E-state index contributed by atoms with van der Waals surface area (Å²) in [5, 5.41) is 12.4. The van der Waals surface area contributed by atoms with Gasteiger partial charge in [-0.2, -0.15) is 0 Å². The molecule has 0 radical (unpaired) electrons. The van der Waals surface area contributed by atoms with Gasteiger partial charge < -0.3 is 10.3 Å². The maximum Gasteiger partial charge on any atom is 0.259 e. The molecule has 0 saturated carbocycles. The maximum atomic E-state index is 12.3. The van der Waals surface area contributed by atoms with Crippen molar-refractivity contribution < 1.29 is 4.79 Å². The van der Waals surface area contributed by atoms with Crippen molar-refractivity contribution in [2.75, 3.05) is 11.9 Å². The molecule has 0 spiro atoms. The number of H-pyrrole nitrogens is 1. The molecule has 3 heterocycles. The Bertz CT molecular complexity index is 1000. The van der Waals surface area contributed by atoms with Crippen LogP contribution in [0.15, 0.2) is 21.8 Å². The van der Waals surface area contributed by atoms with E-state index >= 15 is 0 Å².